The minimum atomic E-state index is -1.91. The van der Waals surface area contributed by atoms with E-state index >= 15 is 0 Å². The molecule has 0 heterocycles. The lowest BCUT2D eigenvalue weighted by molar-refractivity contribution is 0.101. The molecule has 0 aliphatic heterocycles. The fourth-order valence-corrected chi connectivity index (χ4v) is 20.3. The lowest BCUT2D eigenvalue weighted by Crippen LogP contribution is -2.38. The summed E-state index contributed by atoms with van der Waals surface area (Å²) >= 11 is 0. The van der Waals surface area contributed by atoms with Crippen molar-refractivity contribution in [3.63, 3.8) is 0 Å². The predicted molar refractivity (Wildman–Crippen MR) is 420 cm³/mol. The van der Waals surface area contributed by atoms with Gasteiger partial charge < -0.3 is 41.7 Å². The van der Waals surface area contributed by atoms with Crippen LogP contribution in [0.5, 0.6) is 23.0 Å². The zero-order chi connectivity index (χ0) is 70.9. The highest BCUT2D eigenvalue weighted by Crippen LogP contribution is 2.55. The highest BCUT2D eigenvalue weighted by molar-refractivity contribution is 8.02. The van der Waals surface area contributed by atoms with Gasteiger partial charge in [0.15, 0.2) is 0 Å². The highest BCUT2D eigenvalue weighted by atomic mass is 31.2. The van der Waals surface area contributed by atoms with Crippen LogP contribution in [0.2, 0.25) is 0 Å². The van der Waals surface area contributed by atoms with Gasteiger partial charge in [-0.05, 0) is 188 Å². The van der Waals surface area contributed by atoms with Gasteiger partial charge in [0.05, 0.1) is 22.3 Å². The second-order valence-corrected chi connectivity index (χ2v) is 29.9. The molecule has 0 saturated carbocycles. The Morgan fingerprint density at radius 2 is 0.353 bits per heavy atom. The van der Waals surface area contributed by atoms with E-state index in [2.05, 4.69) is 264 Å². The van der Waals surface area contributed by atoms with E-state index in [0.717, 1.165) is 0 Å². The first-order valence-corrected chi connectivity index (χ1v) is 36.3. The zero-order valence-corrected chi connectivity index (χ0v) is 57.1. The molecule has 0 aliphatic rings. The number of benzene rings is 14. The number of amides is 4. The van der Waals surface area contributed by atoms with Crippen molar-refractivity contribution in [3.05, 3.63) is 411 Å². The van der Waals surface area contributed by atoms with Gasteiger partial charge >= 0.3 is 0 Å². The van der Waals surface area contributed by atoms with Crippen LogP contribution in [0.4, 0.5) is 22.7 Å². The molecule has 102 heavy (non-hydrogen) atoms. The van der Waals surface area contributed by atoms with Crippen molar-refractivity contribution >= 4 is 103 Å². The SMILES string of the molecule is O=C(Nc1ccc(NC(=O)c2ccccc2O)cc1)c1ccccc1O.O=C(Nc1cccc(NC(=O)c2ccccc2O)c1)c1ccccc1O.c1ccc([P+](c2ccccc2)(c2ccccc2)c2ccccc2)cc1.c1ccc([P+](c2ccccc2)(c2ccccc2)c2ccccc2)cc1. The minimum Gasteiger partial charge on any atom is -0.507 e. The molecule has 0 atom stereocenters. The lowest BCUT2D eigenvalue weighted by atomic mass is 10.1. The summed E-state index contributed by atoms with van der Waals surface area (Å²) in [6.07, 6.45) is 0. The lowest BCUT2D eigenvalue weighted by Gasteiger charge is -2.27. The maximum Gasteiger partial charge on any atom is 0.259 e. The van der Waals surface area contributed by atoms with E-state index in [9.17, 15) is 39.6 Å². The molecule has 14 rings (SSSR count). The Hall–Kier alpha value is -13.0. The van der Waals surface area contributed by atoms with Crippen LogP contribution in [0.3, 0.4) is 0 Å². The van der Waals surface area contributed by atoms with Crippen molar-refractivity contribution in [1.82, 2.24) is 0 Å². The third-order valence-corrected chi connectivity index (χ3v) is 25.1. The Morgan fingerprint density at radius 3 is 0.539 bits per heavy atom. The van der Waals surface area contributed by atoms with Gasteiger partial charge in [-0.2, -0.15) is 0 Å². The molecule has 4 amide bonds. The molecule has 0 spiro atoms. The molecule has 12 nitrogen and oxygen atoms in total. The average molecular weight is 1380 g/mol. The van der Waals surface area contributed by atoms with Crippen molar-refractivity contribution in [2.45, 2.75) is 0 Å². The monoisotopic (exact) mass is 1370 g/mol. The summed E-state index contributed by atoms with van der Waals surface area (Å²) < 4.78 is 0. The second-order valence-electron chi connectivity index (χ2n) is 23.1. The summed E-state index contributed by atoms with van der Waals surface area (Å²) in [5, 5.41) is 60.7. The molecule has 0 bridgehead atoms. The zero-order valence-electron chi connectivity index (χ0n) is 55.3. The number of phenols is 4. The summed E-state index contributed by atoms with van der Waals surface area (Å²) in [5.74, 6) is -2.24. The quantitative estimate of drug-likeness (QED) is 0.0437. The number of carbonyl (C=O) groups excluding carboxylic acids is 4. The summed E-state index contributed by atoms with van der Waals surface area (Å²) in [4.78, 5) is 48.8. The van der Waals surface area contributed by atoms with E-state index in [1.165, 1.54) is 91.0 Å². The van der Waals surface area contributed by atoms with Crippen LogP contribution < -0.4 is 63.7 Å². The van der Waals surface area contributed by atoms with Crippen LogP contribution in [0, 0.1) is 0 Å². The fourth-order valence-electron chi connectivity index (χ4n) is 11.8. The Balaban J connectivity index is 0.000000137. The second kappa shape index (κ2) is 34.5. The topological polar surface area (TPSA) is 197 Å². The van der Waals surface area contributed by atoms with Gasteiger partial charge in [-0.3, -0.25) is 19.2 Å². The molecule has 14 aromatic carbocycles. The molecule has 0 fully saturated rings. The molecule has 0 aliphatic carbocycles. The van der Waals surface area contributed by atoms with Crippen LogP contribution in [0.25, 0.3) is 0 Å². The number of hydrogen-bond acceptors (Lipinski definition) is 8. The summed E-state index contributed by atoms with van der Waals surface area (Å²) in [6, 6.07) is 126. The number of para-hydroxylation sites is 4. The van der Waals surface area contributed by atoms with Gasteiger partial charge in [0.25, 0.3) is 23.6 Å². The third-order valence-electron chi connectivity index (χ3n) is 16.5. The molecule has 0 unspecified atom stereocenters. The van der Waals surface area contributed by atoms with Gasteiger partial charge in [-0.25, -0.2) is 0 Å². The van der Waals surface area contributed by atoms with E-state index in [1.54, 1.807) is 97.1 Å². The molecule has 14 aromatic rings. The maximum absolute atomic E-state index is 12.2. The standard InChI is InChI=1S/2C24H20P.2C20H16N2O4/c2*1-5-13-21(14-6-1)25(22-15-7-2-8-16-22,23-17-9-3-10-18-23)24-19-11-4-12-20-24;23-17-10-3-1-8-15(17)19(25)21-13-6-5-7-14(12-13)22-20(26)16-9-2-4-11-18(16)24;23-17-7-3-1-5-15(17)19(25)21-13-9-11-14(12-10-13)22-20(26)16-6-2-4-8-18(16)24/h2*1-20H;2*1-12,23-24H,(H,21,25)(H,22,26)/q2*+1;;. The number of phenolic OH excluding ortho intramolecular Hbond substituents is 4. The Labute approximate surface area is 594 Å². The van der Waals surface area contributed by atoms with Crippen molar-refractivity contribution in [2.24, 2.45) is 0 Å². The molecule has 8 N–H and O–H groups in total. The van der Waals surface area contributed by atoms with E-state index in [0.29, 0.717) is 22.7 Å². The number of rotatable bonds is 16. The van der Waals surface area contributed by atoms with Gasteiger partial charge in [-0.15, -0.1) is 0 Å². The highest BCUT2D eigenvalue weighted by Gasteiger charge is 2.49. The van der Waals surface area contributed by atoms with E-state index in [4.69, 9.17) is 0 Å². The van der Waals surface area contributed by atoms with Crippen molar-refractivity contribution in [2.75, 3.05) is 21.3 Å². The normalized spacial score (nSPS) is 10.7. The Bertz CT molecular complexity index is 4410. The van der Waals surface area contributed by atoms with Gasteiger partial charge in [0.2, 0.25) is 0 Å². The van der Waals surface area contributed by atoms with Gasteiger partial charge in [0, 0.05) is 22.7 Å². The van der Waals surface area contributed by atoms with E-state index in [1.807, 2.05) is 0 Å². The molecular formula is C88H72N4O8P2+2. The van der Waals surface area contributed by atoms with Crippen LogP contribution in [-0.4, -0.2) is 44.1 Å². The van der Waals surface area contributed by atoms with Gasteiger partial charge in [-0.1, -0.05) is 200 Å². The molecule has 500 valence electrons. The van der Waals surface area contributed by atoms with E-state index < -0.39 is 38.2 Å². The van der Waals surface area contributed by atoms with Crippen molar-refractivity contribution in [3.8, 4) is 23.0 Å². The van der Waals surface area contributed by atoms with Gasteiger partial charge in [0.1, 0.15) is 80.0 Å². The van der Waals surface area contributed by atoms with Crippen LogP contribution >= 0.6 is 14.5 Å². The summed E-state index contributed by atoms with van der Waals surface area (Å²) in [7, 11) is -3.81. The fraction of sp³-hybridized carbons (Fsp3) is 0. The molecule has 0 aromatic heterocycles. The molecule has 0 saturated heterocycles. The smallest absolute Gasteiger partial charge is 0.259 e. The average Bonchev–Trinajstić information content (AvgIpc) is 0.744. The first-order valence-electron chi connectivity index (χ1n) is 32.7. The summed E-state index contributed by atoms with van der Waals surface area (Å²) in [6.45, 7) is 0. The predicted octanol–water partition coefficient (Wildman–Crippen LogP) is 15.8. The van der Waals surface area contributed by atoms with Crippen molar-refractivity contribution < 1.29 is 39.6 Å². The first kappa shape index (κ1) is 70.3. The largest absolute Gasteiger partial charge is 0.507 e. The first-order chi connectivity index (χ1) is 49.9. The van der Waals surface area contributed by atoms with Crippen LogP contribution in [0.15, 0.2) is 388 Å². The number of hydrogen-bond donors (Lipinski definition) is 8. The number of nitrogens with one attached hydrogen (secondary N) is 4. The number of carbonyl (C=O) groups is 4. The summed E-state index contributed by atoms with van der Waals surface area (Å²) in [5.41, 5.74) is 2.57. The molecule has 14 heteroatoms. The third kappa shape index (κ3) is 16.9. The van der Waals surface area contributed by atoms with Crippen LogP contribution in [0.1, 0.15) is 41.4 Å². The maximum atomic E-state index is 12.2. The minimum absolute atomic E-state index is 0.100. The molecule has 0 radical (unpaired) electrons. The Morgan fingerprint density at radius 1 is 0.186 bits per heavy atom. The molecular weight excluding hydrogens is 1300 g/mol. The number of anilines is 4. The number of aromatic hydroxyl groups is 4. The van der Waals surface area contributed by atoms with E-state index in [-0.39, 0.29) is 45.3 Å². The van der Waals surface area contributed by atoms with Crippen molar-refractivity contribution in [1.29, 1.82) is 0 Å². The van der Waals surface area contributed by atoms with Crippen LogP contribution in [-0.2, 0) is 0 Å². The Kier molecular flexibility index (Phi) is 23.8.